The molecule has 3 fully saturated rings. The van der Waals surface area contributed by atoms with E-state index in [0.29, 0.717) is 5.56 Å². The van der Waals surface area contributed by atoms with Gasteiger partial charge in [0.05, 0.1) is 30.3 Å². The molecule has 2 bridgehead atoms. The molecule has 6 N–H and O–H groups in total. The molecule has 14 heteroatoms. The first kappa shape index (κ1) is 35.6. The molecule has 3 aliphatic carbocycles. The van der Waals surface area contributed by atoms with Crippen LogP contribution >= 0.6 is 15.9 Å². The average molecular weight is 725 g/mol. The van der Waals surface area contributed by atoms with Gasteiger partial charge in [-0.1, -0.05) is 41.9 Å². The Morgan fingerprint density at radius 2 is 1.68 bits per heavy atom. The van der Waals surface area contributed by atoms with Crippen molar-refractivity contribution in [2.45, 2.75) is 108 Å². The first-order chi connectivity index (χ1) is 21.7. The molecule has 5 rings (SSSR count). The fourth-order valence-corrected chi connectivity index (χ4v) is 8.64. The summed E-state index contributed by atoms with van der Waals surface area (Å²) >= 11 is 3.32. The number of halogens is 1. The predicted molar refractivity (Wildman–Crippen MR) is 166 cm³/mol. The van der Waals surface area contributed by atoms with E-state index >= 15 is 0 Å². The number of Topliss-reactive ketones (excluding diaryl/α,β-unsaturated/α-hetero) is 1. The SMILES string of the molecule is CC(=O)N[C@@H](c1ccc(Br)cc1)[C@@H](O)C(=O)O[C@H]1C[C@@]2(O)[C@@H](OC(C)=O)[C@@H]3[C@]4(O)CO[C@@H]4C[C@H](O)[C@@]3(C)C(=O)[C@H](O)C(=C1C)C2(C)C. The number of hydrogen-bond donors (Lipinski definition) is 6. The lowest BCUT2D eigenvalue weighted by Crippen LogP contribution is -2.81. The molecule has 258 valence electrons. The van der Waals surface area contributed by atoms with Gasteiger partial charge in [0.2, 0.25) is 5.91 Å². The molecule has 1 saturated heterocycles. The third kappa shape index (κ3) is 5.36. The summed E-state index contributed by atoms with van der Waals surface area (Å²) in [4.78, 5) is 52.7. The molecule has 1 aliphatic heterocycles. The van der Waals surface area contributed by atoms with Crippen molar-refractivity contribution in [1.82, 2.24) is 5.32 Å². The number of amides is 1. The second-order valence-electron chi connectivity index (χ2n) is 14.0. The first-order valence-corrected chi connectivity index (χ1v) is 16.3. The van der Waals surface area contributed by atoms with Crippen molar-refractivity contribution in [3.63, 3.8) is 0 Å². The lowest BCUT2D eigenvalue weighted by atomic mass is 9.45. The summed E-state index contributed by atoms with van der Waals surface area (Å²) in [5.74, 6) is -4.87. The smallest absolute Gasteiger partial charge is 0.338 e. The number of esters is 2. The molecule has 1 aromatic rings. The van der Waals surface area contributed by atoms with Gasteiger partial charge in [-0.05, 0) is 42.7 Å². The van der Waals surface area contributed by atoms with Crippen molar-refractivity contribution < 1.29 is 58.9 Å². The largest absolute Gasteiger partial charge is 0.459 e. The summed E-state index contributed by atoms with van der Waals surface area (Å²) in [6.07, 6.45) is -9.86. The Hall–Kier alpha value is -2.72. The molecule has 1 aromatic carbocycles. The van der Waals surface area contributed by atoms with Crippen molar-refractivity contribution in [3.05, 3.63) is 45.4 Å². The zero-order valence-corrected chi connectivity index (χ0v) is 28.6. The molecular weight excluding hydrogens is 682 g/mol. The fourth-order valence-electron chi connectivity index (χ4n) is 8.38. The summed E-state index contributed by atoms with van der Waals surface area (Å²) in [5.41, 5.74) is -6.89. The molecule has 0 unspecified atom stereocenters. The minimum Gasteiger partial charge on any atom is -0.459 e. The van der Waals surface area contributed by atoms with E-state index in [4.69, 9.17) is 14.2 Å². The van der Waals surface area contributed by atoms with Crippen LogP contribution in [0.2, 0.25) is 0 Å². The van der Waals surface area contributed by atoms with Gasteiger partial charge in [0, 0.05) is 42.5 Å². The van der Waals surface area contributed by atoms with E-state index in [1.54, 1.807) is 38.1 Å². The van der Waals surface area contributed by atoms with E-state index in [-0.39, 0.29) is 24.2 Å². The van der Waals surface area contributed by atoms with Gasteiger partial charge in [-0.3, -0.25) is 14.4 Å². The molecule has 2 saturated carbocycles. The Kier molecular flexibility index (Phi) is 9.09. The van der Waals surface area contributed by atoms with Crippen LogP contribution < -0.4 is 5.32 Å². The van der Waals surface area contributed by atoms with Gasteiger partial charge < -0.3 is 45.1 Å². The number of ketones is 1. The van der Waals surface area contributed by atoms with Crippen molar-refractivity contribution in [1.29, 1.82) is 0 Å². The van der Waals surface area contributed by atoms with Crippen LogP contribution in [0.15, 0.2) is 39.9 Å². The highest BCUT2D eigenvalue weighted by molar-refractivity contribution is 9.10. The van der Waals surface area contributed by atoms with Gasteiger partial charge in [0.15, 0.2) is 11.9 Å². The lowest BCUT2D eigenvalue weighted by Gasteiger charge is -2.66. The molecule has 1 heterocycles. The Morgan fingerprint density at radius 3 is 2.21 bits per heavy atom. The van der Waals surface area contributed by atoms with Gasteiger partial charge in [0.1, 0.15) is 29.5 Å². The maximum absolute atomic E-state index is 14.4. The summed E-state index contributed by atoms with van der Waals surface area (Å²) in [6.45, 7) is 8.03. The number of nitrogens with one attached hydrogen (secondary N) is 1. The summed E-state index contributed by atoms with van der Waals surface area (Å²) in [7, 11) is 0. The number of benzene rings is 1. The summed E-state index contributed by atoms with van der Waals surface area (Å²) in [5, 5.41) is 61.7. The number of carbonyl (C=O) groups excluding carboxylic acids is 4. The number of hydrogen-bond acceptors (Lipinski definition) is 12. The van der Waals surface area contributed by atoms with Crippen LogP contribution in [0.3, 0.4) is 0 Å². The number of aliphatic hydroxyl groups is 5. The second kappa shape index (κ2) is 12.0. The third-order valence-electron chi connectivity index (χ3n) is 11.1. The van der Waals surface area contributed by atoms with Crippen LogP contribution in [0.4, 0.5) is 0 Å². The van der Waals surface area contributed by atoms with E-state index < -0.39 is 101 Å². The third-order valence-corrected chi connectivity index (χ3v) is 11.6. The number of aliphatic hydroxyl groups excluding tert-OH is 3. The topological polar surface area (TPSA) is 209 Å². The molecule has 4 aliphatic rings. The molecule has 0 aromatic heterocycles. The van der Waals surface area contributed by atoms with Crippen LogP contribution in [-0.4, -0.2) is 104 Å². The molecule has 47 heavy (non-hydrogen) atoms. The Morgan fingerprint density at radius 1 is 1.06 bits per heavy atom. The van der Waals surface area contributed by atoms with Crippen LogP contribution in [-0.2, 0) is 33.4 Å². The molecule has 1 amide bonds. The van der Waals surface area contributed by atoms with Gasteiger partial charge in [-0.15, -0.1) is 0 Å². The summed E-state index contributed by atoms with van der Waals surface area (Å²) < 4.78 is 17.9. The standard InChI is InChI=1S/C33H42BrNO12/c1-14-19(47-29(42)25(40)23(35-15(2)36)17-7-9-18(34)10-8-17)12-33(44)28(46-16(3)37)26-31(6,20(38)11-21-32(26,43)13-45-21)27(41)24(39)22(14)30(33,4)5/h7-10,19-21,23-26,28,38-40,43-44H,11-13H2,1-6H3,(H,35,36)/t19-,20-,21+,23-,24+,25+,26-,28-,31+,32-,33+/m0/s1. The highest BCUT2D eigenvalue weighted by atomic mass is 79.9. The monoisotopic (exact) mass is 723 g/mol. The molecule has 13 nitrogen and oxygen atoms in total. The maximum Gasteiger partial charge on any atom is 0.338 e. The maximum atomic E-state index is 14.4. The normalized spacial score (nSPS) is 38.8. The number of ether oxygens (including phenoxy) is 3. The number of rotatable bonds is 6. The van der Waals surface area contributed by atoms with Crippen LogP contribution in [0.25, 0.3) is 0 Å². The second-order valence-corrected chi connectivity index (χ2v) is 15.0. The van der Waals surface area contributed by atoms with Crippen molar-refractivity contribution in [2.24, 2.45) is 16.7 Å². The van der Waals surface area contributed by atoms with Crippen LogP contribution in [0.1, 0.15) is 66.0 Å². The van der Waals surface area contributed by atoms with Crippen LogP contribution in [0, 0.1) is 16.7 Å². The fraction of sp³-hybridized carbons (Fsp3) is 0.636. The first-order valence-electron chi connectivity index (χ1n) is 15.5. The molecule has 11 atom stereocenters. The Balaban J connectivity index is 1.62. The van der Waals surface area contributed by atoms with Crippen LogP contribution in [0.5, 0.6) is 0 Å². The lowest BCUT2D eigenvalue weighted by molar-refractivity contribution is -0.345. The minimum absolute atomic E-state index is 0.0159. The highest BCUT2D eigenvalue weighted by Crippen LogP contribution is 2.63. The van der Waals surface area contributed by atoms with E-state index in [1.807, 2.05) is 0 Å². The molecular formula is C33H42BrNO12. The minimum atomic E-state index is -2.22. The van der Waals surface area contributed by atoms with Crippen molar-refractivity contribution in [3.8, 4) is 0 Å². The van der Waals surface area contributed by atoms with Gasteiger partial charge in [0.25, 0.3) is 0 Å². The highest BCUT2D eigenvalue weighted by Gasteiger charge is 2.76. The van der Waals surface area contributed by atoms with E-state index in [2.05, 4.69) is 21.2 Å². The number of carbonyl (C=O) groups is 4. The quantitative estimate of drug-likeness (QED) is 0.178. The van der Waals surface area contributed by atoms with E-state index in [9.17, 15) is 44.7 Å². The number of fused-ring (bicyclic) bond motifs is 5. The van der Waals surface area contributed by atoms with Crippen molar-refractivity contribution >= 4 is 39.6 Å². The Labute approximate surface area is 280 Å². The predicted octanol–water partition coefficient (Wildman–Crippen LogP) is 0.769. The van der Waals surface area contributed by atoms with Gasteiger partial charge in [-0.2, -0.15) is 0 Å². The van der Waals surface area contributed by atoms with Gasteiger partial charge >= 0.3 is 11.9 Å². The zero-order valence-electron chi connectivity index (χ0n) is 27.0. The zero-order chi connectivity index (χ0) is 35.0. The summed E-state index contributed by atoms with van der Waals surface area (Å²) in [6, 6.07) is 5.31. The average Bonchev–Trinajstić information content (AvgIpc) is 2.98. The van der Waals surface area contributed by atoms with Crippen molar-refractivity contribution in [2.75, 3.05) is 6.61 Å². The van der Waals surface area contributed by atoms with E-state index in [0.717, 1.165) is 11.4 Å². The molecule has 0 spiro atoms. The molecule has 0 radical (unpaired) electrons. The Bertz CT molecular complexity index is 1510. The van der Waals surface area contributed by atoms with Gasteiger partial charge in [-0.25, -0.2) is 4.79 Å². The van der Waals surface area contributed by atoms with E-state index in [1.165, 1.54) is 20.8 Å².